The van der Waals surface area contributed by atoms with Crippen molar-refractivity contribution in [3.05, 3.63) is 34.9 Å². The van der Waals surface area contributed by atoms with E-state index in [1.54, 1.807) is 38.1 Å². The minimum absolute atomic E-state index is 0.148. The molecule has 1 saturated heterocycles. The lowest BCUT2D eigenvalue weighted by Crippen LogP contribution is -2.47. The van der Waals surface area contributed by atoms with Crippen LogP contribution >= 0.6 is 11.6 Å². The summed E-state index contributed by atoms with van der Waals surface area (Å²) in [7, 11) is 0. The molecule has 1 aromatic rings. The van der Waals surface area contributed by atoms with E-state index >= 15 is 0 Å². The van der Waals surface area contributed by atoms with E-state index in [-0.39, 0.29) is 6.42 Å². The lowest BCUT2D eigenvalue weighted by atomic mass is 9.87. The maximum atomic E-state index is 12.8. The van der Waals surface area contributed by atoms with Gasteiger partial charge in [-0.25, -0.2) is 14.5 Å². The molecule has 22 heavy (non-hydrogen) atoms. The van der Waals surface area contributed by atoms with Crippen LogP contribution in [0.25, 0.3) is 0 Å². The van der Waals surface area contributed by atoms with E-state index in [0.29, 0.717) is 17.0 Å². The van der Waals surface area contributed by atoms with E-state index in [2.05, 4.69) is 5.32 Å². The van der Waals surface area contributed by atoms with Crippen LogP contribution < -0.4 is 5.32 Å². The molecule has 0 radical (unpaired) electrons. The van der Waals surface area contributed by atoms with E-state index in [1.807, 2.05) is 0 Å². The van der Waals surface area contributed by atoms with Crippen molar-refractivity contribution in [1.82, 2.24) is 10.2 Å². The standard InChI is InChI=1S/C15H17ClN2O4/c1-3-11(12(19)20)18-13(21)15(4-2,17-14(18)22)9-5-7-10(16)8-6-9/h5-8,11H,3-4H2,1-2H3,(H,17,22)(H,19,20). The van der Waals surface area contributed by atoms with Crippen molar-refractivity contribution in [2.45, 2.75) is 38.3 Å². The molecule has 2 atom stereocenters. The largest absolute Gasteiger partial charge is 0.480 e. The van der Waals surface area contributed by atoms with E-state index in [4.69, 9.17) is 11.6 Å². The molecule has 0 bridgehead atoms. The van der Waals surface area contributed by atoms with Crippen molar-refractivity contribution in [1.29, 1.82) is 0 Å². The van der Waals surface area contributed by atoms with Crippen molar-refractivity contribution in [3.63, 3.8) is 0 Å². The Kier molecular flexibility index (Phi) is 4.42. The van der Waals surface area contributed by atoms with Gasteiger partial charge >= 0.3 is 12.0 Å². The minimum atomic E-state index is -1.25. The Morgan fingerprint density at radius 2 is 1.91 bits per heavy atom. The van der Waals surface area contributed by atoms with Crippen LogP contribution in [0.3, 0.4) is 0 Å². The fraction of sp³-hybridized carbons (Fsp3) is 0.400. The number of hydrogen-bond donors (Lipinski definition) is 2. The predicted octanol–water partition coefficient (Wildman–Crippen LogP) is 2.36. The number of aliphatic carboxylic acids is 1. The van der Waals surface area contributed by atoms with E-state index in [1.165, 1.54) is 0 Å². The first kappa shape index (κ1) is 16.3. The summed E-state index contributed by atoms with van der Waals surface area (Å²) in [4.78, 5) is 37.1. The highest BCUT2D eigenvalue weighted by molar-refractivity contribution is 6.30. The van der Waals surface area contributed by atoms with Crippen molar-refractivity contribution in [2.75, 3.05) is 0 Å². The lowest BCUT2D eigenvalue weighted by molar-refractivity contribution is -0.148. The van der Waals surface area contributed by atoms with Gasteiger partial charge in [0, 0.05) is 5.02 Å². The summed E-state index contributed by atoms with van der Waals surface area (Å²) < 4.78 is 0. The van der Waals surface area contributed by atoms with Crippen LogP contribution in [0.1, 0.15) is 32.3 Å². The highest BCUT2D eigenvalue weighted by Crippen LogP contribution is 2.34. The molecule has 1 aliphatic heterocycles. The number of carbonyl (C=O) groups is 3. The molecular weight excluding hydrogens is 308 g/mol. The normalized spacial score (nSPS) is 22.6. The van der Waals surface area contributed by atoms with E-state index in [9.17, 15) is 19.5 Å². The van der Waals surface area contributed by atoms with E-state index in [0.717, 1.165) is 4.90 Å². The van der Waals surface area contributed by atoms with Gasteiger partial charge in [-0.05, 0) is 30.5 Å². The molecule has 1 fully saturated rings. The second-order valence-corrected chi connectivity index (χ2v) is 5.57. The number of benzene rings is 1. The van der Waals surface area contributed by atoms with Gasteiger partial charge < -0.3 is 10.4 Å². The number of urea groups is 1. The average molecular weight is 325 g/mol. The van der Waals surface area contributed by atoms with Gasteiger partial charge in [-0.15, -0.1) is 0 Å². The Bertz CT molecular complexity index is 616. The van der Waals surface area contributed by atoms with Crippen molar-refractivity contribution < 1.29 is 19.5 Å². The summed E-state index contributed by atoms with van der Waals surface area (Å²) >= 11 is 5.85. The molecule has 1 heterocycles. The summed E-state index contributed by atoms with van der Waals surface area (Å²) in [6, 6.07) is 4.73. The monoisotopic (exact) mass is 324 g/mol. The number of carboxylic acids is 1. The predicted molar refractivity (Wildman–Crippen MR) is 80.5 cm³/mol. The Hall–Kier alpha value is -2.08. The molecule has 2 N–H and O–H groups in total. The number of hydrogen-bond acceptors (Lipinski definition) is 3. The number of nitrogens with one attached hydrogen (secondary N) is 1. The third kappa shape index (κ3) is 2.43. The molecule has 2 rings (SSSR count). The van der Waals surface area contributed by atoms with Crippen LogP contribution in [0.4, 0.5) is 4.79 Å². The van der Waals surface area contributed by atoms with Crippen LogP contribution in [-0.4, -0.2) is 34.0 Å². The molecule has 1 aliphatic rings. The zero-order valence-corrected chi connectivity index (χ0v) is 13.1. The molecule has 7 heteroatoms. The minimum Gasteiger partial charge on any atom is -0.480 e. The van der Waals surface area contributed by atoms with Gasteiger partial charge in [-0.1, -0.05) is 37.6 Å². The lowest BCUT2D eigenvalue weighted by Gasteiger charge is -2.27. The summed E-state index contributed by atoms with van der Waals surface area (Å²) in [6.07, 6.45) is 0.459. The highest BCUT2D eigenvalue weighted by atomic mass is 35.5. The fourth-order valence-corrected chi connectivity index (χ4v) is 2.84. The molecule has 2 unspecified atom stereocenters. The second-order valence-electron chi connectivity index (χ2n) is 5.13. The second kappa shape index (κ2) is 5.96. The highest BCUT2D eigenvalue weighted by Gasteiger charge is 2.54. The summed E-state index contributed by atoms with van der Waals surface area (Å²) in [5, 5.41) is 12.4. The van der Waals surface area contributed by atoms with E-state index < -0.39 is 29.5 Å². The number of nitrogens with zero attached hydrogens (tertiary/aromatic N) is 1. The quantitative estimate of drug-likeness (QED) is 0.814. The molecule has 0 aromatic heterocycles. The van der Waals surface area contributed by atoms with Gasteiger partial charge in [-0.2, -0.15) is 0 Å². The molecule has 118 valence electrons. The first-order chi connectivity index (χ1) is 10.4. The van der Waals surface area contributed by atoms with Gasteiger partial charge in [0.25, 0.3) is 5.91 Å². The first-order valence-corrected chi connectivity index (χ1v) is 7.39. The maximum absolute atomic E-state index is 12.8. The Labute approximate surface area is 133 Å². The molecular formula is C15H17ClN2O4. The molecule has 0 saturated carbocycles. The smallest absolute Gasteiger partial charge is 0.326 e. The number of amides is 3. The summed E-state index contributed by atoms with van der Waals surface area (Å²) in [6.45, 7) is 3.38. The molecule has 0 spiro atoms. The fourth-order valence-electron chi connectivity index (χ4n) is 2.72. The van der Waals surface area contributed by atoms with Crippen LogP contribution in [-0.2, 0) is 15.1 Å². The number of rotatable bonds is 5. The Morgan fingerprint density at radius 3 is 2.36 bits per heavy atom. The molecule has 3 amide bonds. The van der Waals surface area contributed by atoms with Crippen molar-refractivity contribution >= 4 is 29.5 Å². The first-order valence-electron chi connectivity index (χ1n) is 7.02. The topological polar surface area (TPSA) is 86.7 Å². The van der Waals surface area contributed by atoms with Crippen molar-refractivity contribution in [3.8, 4) is 0 Å². The number of carboxylic acid groups (broad SMARTS) is 1. The number of halogens is 1. The zero-order valence-electron chi connectivity index (χ0n) is 12.3. The molecule has 1 aromatic carbocycles. The van der Waals surface area contributed by atoms with Gasteiger partial charge in [0.15, 0.2) is 0 Å². The Balaban J connectivity index is 2.47. The molecule has 0 aliphatic carbocycles. The van der Waals surface area contributed by atoms with Gasteiger partial charge in [0.2, 0.25) is 0 Å². The van der Waals surface area contributed by atoms with Gasteiger partial charge in [0.05, 0.1) is 0 Å². The zero-order chi connectivity index (χ0) is 16.5. The van der Waals surface area contributed by atoms with Gasteiger partial charge in [0.1, 0.15) is 11.6 Å². The summed E-state index contributed by atoms with van der Waals surface area (Å²) in [5.41, 5.74) is -0.662. The van der Waals surface area contributed by atoms with Crippen LogP contribution in [0, 0.1) is 0 Å². The van der Waals surface area contributed by atoms with Crippen LogP contribution in [0.5, 0.6) is 0 Å². The molecule has 6 nitrogen and oxygen atoms in total. The van der Waals surface area contributed by atoms with Gasteiger partial charge in [-0.3, -0.25) is 4.79 Å². The third-order valence-electron chi connectivity index (χ3n) is 3.97. The number of imide groups is 1. The van der Waals surface area contributed by atoms with Crippen molar-refractivity contribution in [2.24, 2.45) is 0 Å². The number of carbonyl (C=O) groups excluding carboxylic acids is 2. The average Bonchev–Trinajstić information content (AvgIpc) is 2.74. The summed E-state index contributed by atoms with van der Waals surface area (Å²) in [5.74, 6) is -1.74. The third-order valence-corrected chi connectivity index (χ3v) is 4.23. The van der Waals surface area contributed by atoms with Crippen LogP contribution in [0.15, 0.2) is 24.3 Å². The maximum Gasteiger partial charge on any atom is 0.326 e. The van der Waals surface area contributed by atoms with Crippen LogP contribution in [0.2, 0.25) is 5.02 Å². The SMILES string of the molecule is CCC(C(=O)O)N1C(=O)NC(CC)(c2ccc(Cl)cc2)C1=O. The Morgan fingerprint density at radius 1 is 1.32 bits per heavy atom.